The first-order valence-corrected chi connectivity index (χ1v) is 9.46. The van der Waals surface area contributed by atoms with Gasteiger partial charge in [0.25, 0.3) is 0 Å². The first kappa shape index (κ1) is 21.4. The zero-order chi connectivity index (χ0) is 21.7. The molecule has 2 aromatic rings. The normalized spacial score (nSPS) is 14.2. The zero-order valence-electron chi connectivity index (χ0n) is 16.2. The molecule has 0 aromatic heterocycles. The van der Waals surface area contributed by atoms with E-state index in [0.717, 1.165) is 29.5 Å². The minimum atomic E-state index is -4.39. The number of amides is 1. The van der Waals surface area contributed by atoms with Gasteiger partial charge < -0.3 is 20.8 Å². The molecule has 0 unspecified atom stereocenters. The fraction of sp³-hybridized carbons (Fsp3) is 0.273. The second kappa shape index (κ2) is 9.02. The molecule has 0 atom stereocenters. The number of allylic oxidation sites excluding steroid dienone is 1. The van der Waals surface area contributed by atoms with Crippen LogP contribution in [0, 0.1) is 5.41 Å². The first-order valence-electron chi connectivity index (χ1n) is 9.46. The lowest BCUT2D eigenvalue weighted by molar-refractivity contribution is -0.137. The Labute approximate surface area is 172 Å². The summed E-state index contributed by atoms with van der Waals surface area (Å²) in [6.45, 7) is 0.954. The van der Waals surface area contributed by atoms with E-state index < -0.39 is 11.7 Å². The SMILES string of the molecule is N=C/C(=C\N)CCC(=O)N1CCc2c(cccc2Oc2ccc(C(F)(F)F)cc2)C1. The average molecular weight is 417 g/mol. The maximum atomic E-state index is 12.7. The summed E-state index contributed by atoms with van der Waals surface area (Å²) in [4.78, 5) is 14.2. The maximum absolute atomic E-state index is 12.7. The highest BCUT2D eigenvalue weighted by Gasteiger charge is 2.30. The Morgan fingerprint density at radius 3 is 2.53 bits per heavy atom. The number of carbonyl (C=O) groups is 1. The second-order valence-corrected chi connectivity index (χ2v) is 6.97. The molecule has 30 heavy (non-hydrogen) atoms. The summed E-state index contributed by atoms with van der Waals surface area (Å²) >= 11 is 0. The van der Waals surface area contributed by atoms with Gasteiger partial charge in [-0.2, -0.15) is 13.2 Å². The number of benzene rings is 2. The smallest absolute Gasteiger partial charge is 0.416 e. The van der Waals surface area contributed by atoms with Crippen LogP contribution in [0.25, 0.3) is 0 Å². The molecule has 0 saturated heterocycles. The Morgan fingerprint density at radius 2 is 1.90 bits per heavy atom. The maximum Gasteiger partial charge on any atom is 0.416 e. The zero-order valence-corrected chi connectivity index (χ0v) is 16.2. The Balaban J connectivity index is 1.69. The molecule has 3 rings (SSSR count). The predicted molar refractivity (Wildman–Crippen MR) is 107 cm³/mol. The molecule has 0 aliphatic carbocycles. The van der Waals surface area contributed by atoms with Crippen LogP contribution >= 0.6 is 0 Å². The van der Waals surface area contributed by atoms with Gasteiger partial charge in [0.05, 0.1) is 5.56 Å². The van der Waals surface area contributed by atoms with Crippen LogP contribution in [0.15, 0.2) is 54.2 Å². The molecule has 0 spiro atoms. The largest absolute Gasteiger partial charge is 0.457 e. The number of nitrogens with two attached hydrogens (primary N) is 1. The Bertz CT molecular complexity index is 953. The van der Waals surface area contributed by atoms with Crippen LogP contribution in [0.3, 0.4) is 0 Å². The van der Waals surface area contributed by atoms with Crippen molar-refractivity contribution in [1.82, 2.24) is 4.90 Å². The second-order valence-electron chi connectivity index (χ2n) is 6.97. The van der Waals surface area contributed by atoms with Gasteiger partial charge in [-0.15, -0.1) is 0 Å². The molecular formula is C22H22F3N3O2. The van der Waals surface area contributed by atoms with Crippen molar-refractivity contribution >= 4 is 12.1 Å². The van der Waals surface area contributed by atoms with Crippen LogP contribution in [0.1, 0.15) is 29.5 Å². The number of nitrogens with one attached hydrogen (secondary N) is 1. The number of halogens is 3. The third-order valence-corrected chi connectivity index (χ3v) is 5.01. The molecule has 1 amide bonds. The highest BCUT2D eigenvalue weighted by Crippen LogP contribution is 2.34. The van der Waals surface area contributed by atoms with Crippen LogP contribution < -0.4 is 10.5 Å². The van der Waals surface area contributed by atoms with Gasteiger partial charge in [0.1, 0.15) is 11.5 Å². The summed E-state index contributed by atoms with van der Waals surface area (Å²) < 4.78 is 44.0. The fourth-order valence-electron chi connectivity index (χ4n) is 3.33. The summed E-state index contributed by atoms with van der Waals surface area (Å²) in [6, 6.07) is 10.1. The van der Waals surface area contributed by atoms with Gasteiger partial charge in [0.15, 0.2) is 0 Å². The molecule has 158 valence electrons. The predicted octanol–water partition coefficient (Wildman–Crippen LogP) is 4.65. The van der Waals surface area contributed by atoms with E-state index >= 15 is 0 Å². The van der Waals surface area contributed by atoms with Gasteiger partial charge in [-0.05, 0) is 60.5 Å². The van der Waals surface area contributed by atoms with Crippen molar-refractivity contribution < 1.29 is 22.7 Å². The monoisotopic (exact) mass is 417 g/mol. The summed E-state index contributed by atoms with van der Waals surface area (Å²) in [7, 11) is 0. The quantitative estimate of drug-likeness (QED) is 0.671. The molecule has 2 aromatic carbocycles. The van der Waals surface area contributed by atoms with E-state index in [1.54, 1.807) is 17.0 Å². The van der Waals surface area contributed by atoms with Crippen LogP contribution in [0.4, 0.5) is 13.2 Å². The van der Waals surface area contributed by atoms with Crippen LogP contribution in [0.5, 0.6) is 11.5 Å². The third kappa shape index (κ3) is 5.00. The summed E-state index contributed by atoms with van der Waals surface area (Å²) in [5.41, 5.74) is 7.18. The Kier molecular flexibility index (Phi) is 6.44. The number of hydrogen-bond donors (Lipinski definition) is 2. The Morgan fingerprint density at radius 1 is 1.17 bits per heavy atom. The van der Waals surface area contributed by atoms with E-state index in [9.17, 15) is 18.0 Å². The van der Waals surface area contributed by atoms with E-state index in [4.69, 9.17) is 15.9 Å². The number of carbonyl (C=O) groups excluding carboxylic acids is 1. The standard InChI is InChI=1S/C22H22F3N3O2/c23-22(24,25)17-5-7-18(8-6-17)30-20-3-1-2-16-14-28(11-10-19(16)20)21(29)9-4-15(12-26)13-27/h1-3,5-8,12-13,26H,4,9-11,14,27H2/b15-13-,26-12?. The number of alkyl halides is 3. The Hall–Kier alpha value is -3.29. The van der Waals surface area contributed by atoms with Crippen molar-refractivity contribution in [2.24, 2.45) is 5.73 Å². The number of fused-ring (bicyclic) bond motifs is 1. The highest BCUT2D eigenvalue weighted by atomic mass is 19.4. The van der Waals surface area contributed by atoms with Gasteiger partial charge in [-0.25, -0.2) is 0 Å². The molecule has 8 heteroatoms. The molecule has 0 radical (unpaired) electrons. The van der Waals surface area contributed by atoms with Crippen molar-refractivity contribution in [1.29, 1.82) is 5.41 Å². The van der Waals surface area contributed by atoms with Crippen LogP contribution in [-0.2, 0) is 23.9 Å². The van der Waals surface area contributed by atoms with E-state index in [-0.39, 0.29) is 12.3 Å². The average Bonchev–Trinajstić information content (AvgIpc) is 2.74. The molecule has 1 aliphatic rings. The third-order valence-electron chi connectivity index (χ3n) is 5.01. The minimum Gasteiger partial charge on any atom is -0.457 e. The molecule has 1 heterocycles. The lowest BCUT2D eigenvalue weighted by Gasteiger charge is -2.30. The number of hydrogen-bond acceptors (Lipinski definition) is 4. The molecule has 0 saturated carbocycles. The highest BCUT2D eigenvalue weighted by molar-refractivity contribution is 5.80. The van der Waals surface area contributed by atoms with Crippen LogP contribution in [-0.4, -0.2) is 23.6 Å². The van der Waals surface area contributed by atoms with Gasteiger partial charge in [0.2, 0.25) is 5.91 Å². The van der Waals surface area contributed by atoms with Crippen LogP contribution in [0.2, 0.25) is 0 Å². The number of nitrogens with zero attached hydrogens (tertiary/aromatic N) is 1. The topological polar surface area (TPSA) is 79.4 Å². The lowest BCUT2D eigenvalue weighted by atomic mass is 9.98. The molecule has 0 bridgehead atoms. The number of ether oxygens (including phenoxy) is 1. The molecular weight excluding hydrogens is 395 g/mol. The van der Waals surface area contributed by atoms with E-state index in [0.29, 0.717) is 43.0 Å². The summed E-state index contributed by atoms with van der Waals surface area (Å²) in [6.07, 6.45) is -0.642. The van der Waals surface area contributed by atoms with E-state index in [1.807, 2.05) is 6.07 Å². The van der Waals surface area contributed by atoms with Crippen molar-refractivity contribution in [3.63, 3.8) is 0 Å². The van der Waals surface area contributed by atoms with E-state index in [1.165, 1.54) is 18.3 Å². The van der Waals surface area contributed by atoms with Crippen molar-refractivity contribution in [2.45, 2.75) is 32.0 Å². The molecule has 1 aliphatic heterocycles. The van der Waals surface area contributed by atoms with Gasteiger partial charge in [0, 0.05) is 31.3 Å². The van der Waals surface area contributed by atoms with Crippen molar-refractivity contribution in [2.75, 3.05) is 6.54 Å². The lowest BCUT2D eigenvalue weighted by Crippen LogP contribution is -2.36. The summed E-state index contributed by atoms with van der Waals surface area (Å²) in [5.74, 6) is 0.884. The number of rotatable bonds is 6. The van der Waals surface area contributed by atoms with Gasteiger partial charge in [-0.1, -0.05) is 12.1 Å². The van der Waals surface area contributed by atoms with E-state index in [2.05, 4.69) is 0 Å². The molecule has 0 fully saturated rings. The summed E-state index contributed by atoms with van der Waals surface area (Å²) in [5, 5.41) is 7.24. The van der Waals surface area contributed by atoms with Gasteiger partial charge >= 0.3 is 6.18 Å². The van der Waals surface area contributed by atoms with Crippen molar-refractivity contribution in [3.8, 4) is 11.5 Å². The minimum absolute atomic E-state index is 0.0177. The molecule has 3 N–H and O–H groups in total. The van der Waals surface area contributed by atoms with Crippen molar-refractivity contribution in [3.05, 3.63) is 70.9 Å². The fourth-order valence-corrected chi connectivity index (χ4v) is 3.33. The first-order chi connectivity index (χ1) is 14.3. The van der Waals surface area contributed by atoms with Gasteiger partial charge in [-0.3, -0.25) is 4.79 Å². The molecule has 5 nitrogen and oxygen atoms in total.